The van der Waals surface area contributed by atoms with Crippen molar-refractivity contribution in [3.8, 4) is 0 Å². The first-order chi connectivity index (χ1) is 7.38. The third-order valence-electron chi connectivity index (χ3n) is 1.95. The Morgan fingerprint density at radius 2 is 2.19 bits per heavy atom. The molecule has 0 atom stereocenters. The predicted octanol–water partition coefficient (Wildman–Crippen LogP) is 2.07. The molecule has 0 saturated heterocycles. The van der Waals surface area contributed by atoms with Crippen molar-refractivity contribution >= 4 is 11.8 Å². The standard InChI is InChI=1S/C9H14F3N3S/c1-7-5-8(15(2)14-7)6-13-3-4-16-9(10,11)12/h5,13H,3-4,6H2,1-2H3. The Bertz CT molecular complexity index is 335. The van der Waals surface area contributed by atoms with E-state index in [0.29, 0.717) is 13.1 Å². The maximum atomic E-state index is 11.8. The molecular weight excluding hydrogens is 239 g/mol. The molecule has 92 valence electrons. The van der Waals surface area contributed by atoms with Crippen LogP contribution in [0.3, 0.4) is 0 Å². The van der Waals surface area contributed by atoms with Gasteiger partial charge in [0.15, 0.2) is 0 Å². The van der Waals surface area contributed by atoms with E-state index in [2.05, 4.69) is 10.4 Å². The molecule has 7 heteroatoms. The van der Waals surface area contributed by atoms with Crippen LogP contribution in [0.25, 0.3) is 0 Å². The quantitative estimate of drug-likeness (QED) is 0.815. The highest BCUT2D eigenvalue weighted by Gasteiger charge is 2.27. The molecule has 0 fully saturated rings. The third-order valence-corrected chi connectivity index (χ3v) is 2.69. The fraction of sp³-hybridized carbons (Fsp3) is 0.667. The fourth-order valence-electron chi connectivity index (χ4n) is 1.29. The molecule has 0 aliphatic rings. The number of halogens is 3. The Morgan fingerprint density at radius 3 is 2.69 bits per heavy atom. The van der Waals surface area contributed by atoms with Crippen molar-refractivity contribution in [1.82, 2.24) is 15.1 Å². The first-order valence-corrected chi connectivity index (χ1v) is 5.78. The number of hydrogen-bond donors (Lipinski definition) is 1. The largest absolute Gasteiger partial charge is 0.441 e. The Morgan fingerprint density at radius 1 is 1.50 bits per heavy atom. The van der Waals surface area contributed by atoms with Crippen molar-refractivity contribution in [3.05, 3.63) is 17.5 Å². The molecule has 0 amide bonds. The predicted molar refractivity (Wildman–Crippen MR) is 58.2 cm³/mol. The van der Waals surface area contributed by atoms with E-state index in [-0.39, 0.29) is 17.5 Å². The molecule has 1 N–H and O–H groups in total. The van der Waals surface area contributed by atoms with Crippen molar-refractivity contribution in [2.24, 2.45) is 7.05 Å². The minimum atomic E-state index is -4.13. The summed E-state index contributed by atoms with van der Waals surface area (Å²) in [6.07, 6.45) is 0. The molecule has 0 bridgehead atoms. The van der Waals surface area contributed by atoms with E-state index >= 15 is 0 Å². The monoisotopic (exact) mass is 253 g/mol. The van der Waals surface area contributed by atoms with E-state index in [1.807, 2.05) is 20.0 Å². The van der Waals surface area contributed by atoms with Gasteiger partial charge in [0.25, 0.3) is 0 Å². The van der Waals surface area contributed by atoms with Gasteiger partial charge in [-0.05, 0) is 24.8 Å². The Hall–Kier alpha value is -0.690. The van der Waals surface area contributed by atoms with Crippen molar-refractivity contribution in [3.63, 3.8) is 0 Å². The van der Waals surface area contributed by atoms with E-state index in [1.54, 1.807) is 4.68 Å². The molecule has 0 aliphatic heterocycles. The second-order valence-electron chi connectivity index (χ2n) is 3.37. The average molecular weight is 253 g/mol. The lowest BCUT2D eigenvalue weighted by Gasteiger charge is -2.06. The molecule has 0 spiro atoms. The minimum absolute atomic E-state index is 0.00681. The second kappa shape index (κ2) is 5.58. The summed E-state index contributed by atoms with van der Waals surface area (Å²) < 4.78 is 37.1. The number of nitrogens with one attached hydrogen (secondary N) is 1. The van der Waals surface area contributed by atoms with E-state index < -0.39 is 5.51 Å². The summed E-state index contributed by atoms with van der Waals surface area (Å²) in [5.74, 6) is 0.0281. The Kier molecular flexibility index (Phi) is 4.67. The van der Waals surface area contributed by atoms with Crippen molar-refractivity contribution in [2.45, 2.75) is 19.0 Å². The van der Waals surface area contributed by atoms with Gasteiger partial charge in [-0.3, -0.25) is 4.68 Å². The first-order valence-electron chi connectivity index (χ1n) is 4.79. The number of aryl methyl sites for hydroxylation is 2. The molecule has 16 heavy (non-hydrogen) atoms. The summed E-state index contributed by atoms with van der Waals surface area (Å²) >= 11 is -0.00681. The maximum Gasteiger partial charge on any atom is 0.441 e. The van der Waals surface area contributed by atoms with Crippen LogP contribution in [-0.2, 0) is 13.6 Å². The summed E-state index contributed by atoms with van der Waals surface area (Å²) in [6.45, 7) is 2.74. The highest BCUT2D eigenvalue weighted by Crippen LogP contribution is 2.29. The molecule has 0 radical (unpaired) electrons. The van der Waals surface area contributed by atoms with Gasteiger partial charge in [-0.1, -0.05) is 0 Å². The Balaban J connectivity index is 2.19. The van der Waals surface area contributed by atoms with Crippen LogP contribution < -0.4 is 5.32 Å². The van der Waals surface area contributed by atoms with Crippen molar-refractivity contribution in [2.75, 3.05) is 12.3 Å². The lowest BCUT2D eigenvalue weighted by atomic mass is 10.3. The van der Waals surface area contributed by atoms with Gasteiger partial charge in [-0.2, -0.15) is 18.3 Å². The zero-order valence-electron chi connectivity index (χ0n) is 9.14. The summed E-state index contributed by atoms with van der Waals surface area (Å²) in [4.78, 5) is 0. The van der Waals surface area contributed by atoms with Gasteiger partial charge in [-0.15, -0.1) is 0 Å². The zero-order valence-corrected chi connectivity index (χ0v) is 9.95. The third kappa shape index (κ3) is 4.89. The highest BCUT2D eigenvalue weighted by molar-refractivity contribution is 8.00. The van der Waals surface area contributed by atoms with Crippen LogP contribution in [0.2, 0.25) is 0 Å². The molecule has 1 heterocycles. The van der Waals surface area contributed by atoms with Gasteiger partial charge in [0.05, 0.1) is 11.4 Å². The van der Waals surface area contributed by atoms with Crippen molar-refractivity contribution < 1.29 is 13.2 Å². The molecule has 1 rings (SSSR count). The number of aromatic nitrogens is 2. The smallest absolute Gasteiger partial charge is 0.310 e. The number of nitrogens with zero attached hydrogens (tertiary/aromatic N) is 2. The summed E-state index contributed by atoms with van der Waals surface area (Å²) in [5.41, 5.74) is -2.26. The van der Waals surface area contributed by atoms with Crippen LogP contribution in [0.1, 0.15) is 11.4 Å². The van der Waals surface area contributed by atoms with Crippen LogP contribution >= 0.6 is 11.8 Å². The SMILES string of the molecule is Cc1cc(CNCCSC(F)(F)F)n(C)n1. The van der Waals surface area contributed by atoms with Gasteiger partial charge in [0.1, 0.15) is 0 Å². The lowest BCUT2D eigenvalue weighted by Crippen LogP contribution is -2.19. The zero-order chi connectivity index (χ0) is 12.2. The topological polar surface area (TPSA) is 29.9 Å². The molecule has 0 saturated carbocycles. The summed E-state index contributed by atoms with van der Waals surface area (Å²) in [7, 11) is 1.81. The normalized spacial score (nSPS) is 12.1. The minimum Gasteiger partial charge on any atom is -0.310 e. The fourth-order valence-corrected chi connectivity index (χ4v) is 1.76. The number of alkyl halides is 3. The molecule has 1 aromatic rings. The van der Waals surface area contributed by atoms with E-state index in [9.17, 15) is 13.2 Å². The van der Waals surface area contributed by atoms with Gasteiger partial charge in [0, 0.05) is 25.9 Å². The van der Waals surface area contributed by atoms with Crippen LogP contribution in [0.5, 0.6) is 0 Å². The van der Waals surface area contributed by atoms with Crippen LogP contribution in [0.4, 0.5) is 13.2 Å². The van der Waals surface area contributed by atoms with Crippen LogP contribution in [0, 0.1) is 6.92 Å². The summed E-state index contributed by atoms with van der Waals surface area (Å²) in [5, 5.41) is 7.09. The van der Waals surface area contributed by atoms with E-state index in [1.165, 1.54) is 0 Å². The Labute approximate surface area is 96.4 Å². The van der Waals surface area contributed by atoms with Crippen LogP contribution in [-0.4, -0.2) is 27.6 Å². The van der Waals surface area contributed by atoms with Gasteiger partial charge >= 0.3 is 5.51 Å². The molecule has 0 unspecified atom stereocenters. The molecule has 1 aromatic heterocycles. The first kappa shape index (κ1) is 13.4. The van der Waals surface area contributed by atoms with Gasteiger partial charge in [0.2, 0.25) is 0 Å². The van der Waals surface area contributed by atoms with Crippen molar-refractivity contribution in [1.29, 1.82) is 0 Å². The van der Waals surface area contributed by atoms with Gasteiger partial charge in [-0.25, -0.2) is 0 Å². The number of hydrogen-bond acceptors (Lipinski definition) is 3. The highest BCUT2D eigenvalue weighted by atomic mass is 32.2. The lowest BCUT2D eigenvalue weighted by molar-refractivity contribution is -0.0327. The second-order valence-corrected chi connectivity index (χ2v) is 4.53. The average Bonchev–Trinajstić information content (AvgIpc) is 2.42. The molecular formula is C9H14F3N3S. The number of thioether (sulfide) groups is 1. The molecule has 0 aromatic carbocycles. The summed E-state index contributed by atoms with van der Waals surface area (Å²) in [6, 6.07) is 1.91. The van der Waals surface area contributed by atoms with E-state index in [0.717, 1.165) is 11.4 Å². The van der Waals surface area contributed by atoms with E-state index in [4.69, 9.17) is 0 Å². The molecule has 3 nitrogen and oxygen atoms in total. The number of rotatable bonds is 5. The van der Waals surface area contributed by atoms with Gasteiger partial charge < -0.3 is 5.32 Å². The van der Waals surface area contributed by atoms with Crippen LogP contribution in [0.15, 0.2) is 6.07 Å². The maximum absolute atomic E-state index is 11.8. The molecule has 0 aliphatic carbocycles.